The van der Waals surface area contributed by atoms with Crippen molar-refractivity contribution in [1.82, 2.24) is 0 Å². The average molecular weight is 342 g/mol. The van der Waals surface area contributed by atoms with Gasteiger partial charge in [-0.3, -0.25) is 0 Å². The summed E-state index contributed by atoms with van der Waals surface area (Å²) in [7, 11) is 0. The van der Waals surface area contributed by atoms with Crippen LogP contribution in [-0.4, -0.2) is 57.3 Å². The van der Waals surface area contributed by atoms with Crippen molar-refractivity contribution in [3.63, 3.8) is 0 Å². The van der Waals surface area contributed by atoms with Crippen LogP contribution in [-0.2, 0) is 18.9 Å². The van der Waals surface area contributed by atoms with E-state index in [1.807, 2.05) is 0 Å². The number of halogens is 1. The van der Waals surface area contributed by atoms with Crippen molar-refractivity contribution < 1.29 is 18.9 Å². The van der Waals surface area contributed by atoms with Crippen LogP contribution in [0.1, 0.15) is 0 Å². The second-order valence-electron chi connectivity index (χ2n) is 2.78. The fourth-order valence-electron chi connectivity index (χ4n) is 0.845. The number of ether oxygens (including phenoxy) is 4. The normalized spacial score (nSPS) is 10.2. The van der Waals surface area contributed by atoms with Crippen LogP contribution >= 0.6 is 22.6 Å². The Bertz CT molecular complexity index is 170. The first-order chi connectivity index (χ1) is 7.91. The topological polar surface area (TPSA) is 36.9 Å². The fourth-order valence-corrected chi connectivity index (χ4v) is 1.16. The molecule has 0 aliphatic heterocycles. The molecule has 0 atom stereocenters. The summed E-state index contributed by atoms with van der Waals surface area (Å²) in [6, 6.07) is 0. The van der Waals surface area contributed by atoms with E-state index in [0.29, 0.717) is 46.2 Å². The van der Waals surface area contributed by atoms with Gasteiger partial charge >= 0.3 is 0 Å². The third kappa shape index (κ3) is 14.1. The van der Waals surface area contributed by atoms with E-state index in [1.54, 1.807) is 0 Å². The summed E-state index contributed by atoms with van der Waals surface area (Å²) in [6.45, 7) is 4.64. The van der Waals surface area contributed by atoms with Crippen molar-refractivity contribution in [1.29, 1.82) is 0 Å². The number of hydrogen-bond acceptors (Lipinski definition) is 4. The summed E-state index contributed by atoms with van der Waals surface area (Å²) in [4.78, 5) is 0. The summed E-state index contributed by atoms with van der Waals surface area (Å²) in [5.74, 6) is 2.39. The zero-order valence-electron chi connectivity index (χ0n) is 9.45. The van der Waals surface area contributed by atoms with Crippen LogP contribution in [0.25, 0.3) is 0 Å². The zero-order valence-corrected chi connectivity index (χ0v) is 11.6. The molecule has 0 bridgehead atoms. The molecular formula is C11H19IO4. The van der Waals surface area contributed by atoms with Crippen LogP contribution in [0, 0.1) is 12.3 Å². The van der Waals surface area contributed by atoms with E-state index < -0.39 is 0 Å². The maximum Gasteiger partial charge on any atom is 0.107 e. The lowest BCUT2D eigenvalue weighted by atomic mass is 10.7. The Morgan fingerprint density at radius 1 is 0.750 bits per heavy atom. The molecule has 0 amide bonds. The maximum absolute atomic E-state index is 5.28. The highest BCUT2D eigenvalue weighted by atomic mass is 127. The van der Waals surface area contributed by atoms with Gasteiger partial charge < -0.3 is 18.9 Å². The van der Waals surface area contributed by atoms with Gasteiger partial charge in [0.15, 0.2) is 0 Å². The minimum Gasteiger partial charge on any atom is -0.378 e. The van der Waals surface area contributed by atoms with E-state index in [-0.39, 0.29) is 0 Å². The molecule has 94 valence electrons. The molecule has 4 nitrogen and oxygen atoms in total. The standard InChI is InChI=1S/C11H19IO4/c1-2-4-13-6-8-15-10-11-16-9-7-14-5-3-12/h1H,3-11H2. The van der Waals surface area contributed by atoms with Crippen molar-refractivity contribution in [2.75, 3.05) is 57.3 Å². The van der Waals surface area contributed by atoms with E-state index in [2.05, 4.69) is 28.5 Å². The van der Waals surface area contributed by atoms with Crippen LogP contribution in [0.5, 0.6) is 0 Å². The lowest BCUT2D eigenvalue weighted by Crippen LogP contribution is -2.12. The van der Waals surface area contributed by atoms with Crippen LogP contribution in [0.4, 0.5) is 0 Å². The Morgan fingerprint density at radius 3 is 1.62 bits per heavy atom. The fraction of sp³-hybridized carbons (Fsp3) is 0.818. The number of terminal acetylenes is 1. The molecule has 0 unspecified atom stereocenters. The van der Waals surface area contributed by atoms with Gasteiger partial charge in [-0.2, -0.15) is 0 Å². The smallest absolute Gasteiger partial charge is 0.107 e. The first-order valence-electron chi connectivity index (χ1n) is 5.22. The van der Waals surface area contributed by atoms with E-state index in [4.69, 9.17) is 25.4 Å². The van der Waals surface area contributed by atoms with Gasteiger partial charge in [-0.15, -0.1) is 6.42 Å². The molecule has 5 heteroatoms. The van der Waals surface area contributed by atoms with Crippen LogP contribution in [0.3, 0.4) is 0 Å². The molecule has 0 aliphatic rings. The average Bonchev–Trinajstić information content (AvgIpc) is 2.31. The monoisotopic (exact) mass is 342 g/mol. The number of hydrogen-bond donors (Lipinski definition) is 0. The molecular weight excluding hydrogens is 323 g/mol. The molecule has 0 N–H and O–H groups in total. The van der Waals surface area contributed by atoms with Gasteiger partial charge in [-0.25, -0.2) is 0 Å². The van der Waals surface area contributed by atoms with Gasteiger partial charge in [0.1, 0.15) is 6.61 Å². The minimum atomic E-state index is 0.341. The van der Waals surface area contributed by atoms with Gasteiger partial charge in [0.25, 0.3) is 0 Å². The third-order valence-corrected chi connectivity index (χ3v) is 1.96. The molecule has 0 aliphatic carbocycles. The highest BCUT2D eigenvalue weighted by Crippen LogP contribution is 1.84. The molecule has 0 radical (unpaired) electrons. The Kier molecular flexibility index (Phi) is 15.3. The maximum atomic E-state index is 5.28. The molecule has 0 fully saturated rings. The quantitative estimate of drug-likeness (QED) is 0.231. The molecule has 0 saturated carbocycles. The van der Waals surface area contributed by atoms with Crippen LogP contribution in [0.2, 0.25) is 0 Å². The number of rotatable bonds is 12. The molecule has 0 aromatic rings. The highest BCUT2D eigenvalue weighted by Gasteiger charge is 1.91. The lowest BCUT2D eigenvalue weighted by molar-refractivity contribution is 0.00327. The molecule has 0 spiro atoms. The SMILES string of the molecule is C#CCOCCOCCOCCOCCI. The summed E-state index contributed by atoms with van der Waals surface area (Å²) in [5.41, 5.74) is 0. The first kappa shape index (κ1) is 16.1. The number of alkyl halides is 1. The lowest BCUT2D eigenvalue weighted by Gasteiger charge is -2.06. The predicted molar refractivity (Wildman–Crippen MR) is 71.0 cm³/mol. The summed E-state index contributed by atoms with van der Waals surface area (Å²) in [6.07, 6.45) is 5.01. The van der Waals surface area contributed by atoms with Gasteiger partial charge in [0, 0.05) is 4.43 Å². The van der Waals surface area contributed by atoms with E-state index in [1.165, 1.54) is 0 Å². The Hall–Kier alpha value is 0.130. The van der Waals surface area contributed by atoms with Crippen molar-refractivity contribution in [3.05, 3.63) is 0 Å². The summed E-state index contributed by atoms with van der Waals surface area (Å²) in [5, 5.41) is 0. The van der Waals surface area contributed by atoms with Gasteiger partial charge in [0.05, 0.1) is 46.2 Å². The van der Waals surface area contributed by atoms with Crippen molar-refractivity contribution in [2.45, 2.75) is 0 Å². The third-order valence-electron chi connectivity index (χ3n) is 1.52. The molecule has 0 saturated heterocycles. The molecule has 0 aromatic carbocycles. The zero-order chi connectivity index (χ0) is 11.9. The predicted octanol–water partition coefficient (Wildman–Crippen LogP) is 1.12. The highest BCUT2D eigenvalue weighted by molar-refractivity contribution is 14.1. The van der Waals surface area contributed by atoms with Gasteiger partial charge in [-0.1, -0.05) is 28.5 Å². The van der Waals surface area contributed by atoms with Crippen molar-refractivity contribution in [3.8, 4) is 12.3 Å². The van der Waals surface area contributed by atoms with Gasteiger partial charge in [0.2, 0.25) is 0 Å². The summed E-state index contributed by atoms with van der Waals surface area (Å²) < 4.78 is 21.8. The van der Waals surface area contributed by atoms with E-state index >= 15 is 0 Å². The first-order valence-corrected chi connectivity index (χ1v) is 6.74. The van der Waals surface area contributed by atoms with Crippen molar-refractivity contribution in [2.24, 2.45) is 0 Å². The molecule has 0 heterocycles. The molecule has 16 heavy (non-hydrogen) atoms. The minimum absolute atomic E-state index is 0.341. The summed E-state index contributed by atoms with van der Waals surface area (Å²) >= 11 is 2.27. The van der Waals surface area contributed by atoms with Crippen LogP contribution < -0.4 is 0 Å². The van der Waals surface area contributed by atoms with E-state index in [9.17, 15) is 0 Å². The van der Waals surface area contributed by atoms with Crippen LogP contribution in [0.15, 0.2) is 0 Å². The van der Waals surface area contributed by atoms with Gasteiger partial charge in [-0.05, 0) is 0 Å². The Morgan fingerprint density at radius 2 is 1.19 bits per heavy atom. The Labute approximate surface area is 111 Å². The van der Waals surface area contributed by atoms with Crippen molar-refractivity contribution >= 4 is 22.6 Å². The second kappa shape index (κ2) is 15.1. The molecule has 0 aromatic heterocycles. The largest absolute Gasteiger partial charge is 0.378 e. The van der Waals surface area contributed by atoms with E-state index in [0.717, 1.165) is 11.0 Å². The molecule has 0 rings (SSSR count). The second-order valence-corrected chi connectivity index (χ2v) is 3.86. The Balaban J connectivity index is 2.86.